The van der Waals surface area contributed by atoms with Crippen LogP contribution in [0.2, 0.25) is 0 Å². The van der Waals surface area contributed by atoms with Crippen LogP contribution in [-0.4, -0.2) is 33.8 Å². The molecule has 0 fully saturated rings. The quantitative estimate of drug-likeness (QED) is 0.338. The third-order valence-electron chi connectivity index (χ3n) is 4.60. The highest BCUT2D eigenvalue weighted by molar-refractivity contribution is 9.10. The predicted molar refractivity (Wildman–Crippen MR) is 127 cm³/mol. The monoisotopic (exact) mass is 511 g/mol. The summed E-state index contributed by atoms with van der Waals surface area (Å²) in [7, 11) is 0. The molecular weight excluding hydrogens is 494 g/mol. The lowest BCUT2D eigenvalue weighted by molar-refractivity contribution is -0.118. The summed E-state index contributed by atoms with van der Waals surface area (Å²) in [6.07, 6.45) is 0. The van der Waals surface area contributed by atoms with Crippen molar-refractivity contribution in [3.05, 3.63) is 70.7 Å². The van der Waals surface area contributed by atoms with Gasteiger partial charge in [0.25, 0.3) is 11.8 Å². The standard InChI is InChI=1S/C23H18BrN3O4S/c1-2-30-23(29)15-10-11-19(18(24)12-15)25-20(28)13-31-22-21(26-32-27-22)17-9-5-7-14-6-3-4-8-16(14)17/h3-12H,2,13H2,1H3,(H,25,28). The van der Waals surface area contributed by atoms with Crippen molar-refractivity contribution in [2.24, 2.45) is 0 Å². The number of amides is 1. The third-order valence-corrected chi connectivity index (χ3v) is 5.77. The number of nitrogens with zero attached hydrogens (tertiary/aromatic N) is 2. The third kappa shape index (κ3) is 4.79. The van der Waals surface area contributed by atoms with E-state index in [-0.39, 0.29) is 12.5 Å². The molecule has 0 aliphatic rings. The maximum absolute atomic E-state index is 12.4. The average molecular weight is 512 g/mol. The van der Waals surface area contributed by atoms with E-state index < -0.39 is 5.97 Å². The maximum Gasteiger partial charge on any atom is 0.338 e. The predicted octanol–water partition coefficient (Wildman–Crippen LogP) is 5.32. The van der Waals surface area contributed by atoms with Gasteiger partial charge in [0, 0.05) is 10.0 Å². The van der Waals surface area contributed by atoms with Crippen LogP contribution in [0.1, 0.15) is 17.3 Å². The SMILES string of the molecule is CCOC(=O)c1ccc(NC(=O)COc2nsnc2-c2cccc3ccccc23)c(Br)c1. The molecule has 0 saturated heterocycles. The van der Waals surface area contributed by atoms with Crippen LogP contribution in [0.15, 0.2) is 65.1 Å². The summed E-state index contributed by atoms with van der Waals surface area (Å²) in [5.41, 5.74) is 2.39. The van der Waals surface area contributed by atoms with Crippen LogP contribution in [0.5, 0.6) is 5.88 Å². The van der Waals surface area contributed by atoms with Crippen molar-refractivity contribution in [3.8, 4) is 17.1 Å². The first-order valence-corrected chi connectivity index (χ1v) is 11.3. The van der Waals surface area contributed by atoms with Gasteiger partial charge in [-0.15, -0.1) is 4.37 Å². The molecule has 0 atom stereocenters. The summed E-state index contributed by atoms with van der Waals surface area (Å²) in [5, 5.41) is 4.86. The number of benzene rings is 3. The van der Waals surface area contributed by atoms with E-state index >= 15 is 0 Å². The lowest BCUT2D eigenvalue weighted by Gasteiger charge is -2.10. The zero-order valence-corrected chi connectivity index (χ0v) is 19.4. The number of fused-ring (bicyclic) bond motifs is 1. The van der Waals surface area contributed by atoms with Crippen LogP contribution >= 0.6 is 27.7 Å². The van der Waals surface area contributed by atoms with Gasteiger partial charge in [0.2, 0.25) is 0 Å². The van der Waals surface area contributed by atoms with Gasteiger partial charge in [0.1, 0.15) is 5.69 Å². The molecule has 0 radical (unpaired) electrons. The molecule has 1 aromatic heterocycles. The summed E-state index contributed by atoms with van der Waals surface area (Å²) in [6, 6.07) is 18.7. The topological polar surface area (TPSA) is 90.4 Å². The number of halogens is 1. The molecule has 7 nitrogen and oxygen atoms in total. The Kier molecular flexibility index (Phi) is 6.77. The second-order valence-electron chi connectivity index (χ2n) is 6.70. The van der Waals surface area contributed by atoms with Crippen molar-refractivity contribution in [1.29, 1.82) is 0 Å². The van der Waals surface area contributed by atoms with Crippen molar-refractivity contribution < 1.29 is 19.1 Å². The number of ether oxygens (including phenoxy) is 2. The molecular formula is C23H18BrN3O4S. The fourth-order valence-corrected chi connectivity index (χ4v) is 4.14. The number of carbonyl (C=O) groups is 2. The zero-order chi connectivity index (χ0) is 22.5. The smallest absolute Gasteiger partial charge is 0.338 e. The number of hydrogen-bond acceptors (Lipinski definition) is 7. The summed E-state index contributed by atoms with van der Waals surface area (Å²) < 4.78 is 19.8. The first-order valence-electron chi connectivity index (χ1n) is 9.77. The van der Waals surface area contributed by atoms with Crippen LogP contribution in [0.4, 0.5) is 5.69 Å². The molecule has 0 aliphatic carbocycles. The Bertz CT molecular complexity index is 1290. The number of hydrogen-bond donors (Lipinski definition) is 1. The highest BCUT2D eigenvalue weighted by atomic mass is 79.9. The Balaban J connectivity index is 1.45. The van der Waals surface area contributed by atoms with Gasteiger partial charge in [-0.1, -0.05) is 42.5 Å². The Morgan fingerprint density at radius 1 is 1.06 bits per heavy atom. The van der Waals surface area contributed by atoms with Crippen molar-refractivity contribution >= 4 is 56.0 Å². The largest absolute Gasteiger partial charge is 0.465 e. The molecule has 9 heteroatoms. The number of aromatic nitrogens is 2. The van der Waals surface area contributed by atoms with Gasteiger partial charge >= 0.3 is 5.97 Å². The van der Waals surface area contributed by atoms with E-state index in [0.717, 1.165) is 28.1 Å². The molecule has 4 aromatic rings. The molecule has 1 heterocycles. The van der Waals surface area contributed by atoms with E-state index in [0.29, 0.717) is 33.9 Å². The van der Waals surface area contributed by atoms with Crippen LogP contribution in [0.3, 0.4) is 0 Å². The number of carbonyl (C=O) groups excluding carboxylic acids is 2. The van der Waals surface area contributed by atoms with Gasteiger partial charge in [-0.3, -0.25) is 4.79 Å². The molecule has 0 unspecified atom stereocenters. The Hall–Kier alpha value is -3.30. The lowest BCUT2D eigenvalue weighted by atomic mass is 10.0. The molecule has 0 aliphatic heterocycles. The molecule has 1 N–H and O–H groups in total. The van der Waals surface area contributed by atoms with Gasteiger partial charge in [-0.05, 0) is 51.8 Å². The van der Waals surface area contributed by atoms with E-state index in [1.165, 1.54) is 0 Å². The highest BCUT2D eigenvalue weighted by Crippen LogP contribution is 2.33. The number of esters is 1. The molecule has 0 bridgehead atoms. The van der Waals surface area contributed by atoms with E-state index in [1.54, 1.807) is 25.1 Å². The number of anilines is 1. The minimum atomic E-state index is -0.425. The number of rotatable bonds is 7. The molecule has 0 saturated carbocycles. The molecule has 4 rings (SSSR count). The maximum atomic E-state index is 12.4. The van der Waals surface area contributed by atoms with Gasteiger partial charge in [-0.25, -0.2) is 4.79 Å². The van der Waals surface area contributed by atoms with Gasteiger partial charge in [0.05, 0.1) is 29.6 Å². The Morgan fingerprint density at radius 3 is 2.69 bits per heavy atom. The molecule has 3 aromatic carbocycles. The molecule has 0 spiro atoms. The van der Waals surface area contributed by atoms with E-state index in [2.05, 4.69) is 30.0 Å². The second kappa shape index (κ2) is 9.88. The Labute approximate surface area is 196 Å². The normalized spacial score (nSPS) is 10.7. The average Bonchev–Trinajstić information content (AvgIpc) is 3.27. The fourth-order valence-electron chi connectivity index (χ4n) is 3.15. The van der Waals surface area contributed by atoms with Crippen LogP contribution < -0.4 is 10.1 Å². The van der Waals surface area contributed by atoms with E-state index in [9.17, 15) is 9.59 Å². The highest BCUT2D eigenvalue weighted by Gasteiger charge is 2.17. The van der Waals surface area contributed by atoms with Gasteiger partial charge in [-0.2, -0.15) is 4.37 Å². The first kappa shape index (κ1) is 21.9. The van der Waals surface area contributed by atoms with Crippen molar-refractivity contribution in [2.75, 3.05) is 18.5 Å². The van der Waals surface area contributed by atoms with Crippen molar-refractivity contribution in [3.63, 3.8) is 0 Å². The van der Waals surface area contributed by atoms with Gasteiger partial charge in [0.15, 0.2) is 6.61 Å². The molecule has 32 heavy (non-hydrogen) atoms. The molecule has 162 valence electrons. The van der Waals surface area contributed by atoms with Gasteiger partial charge < -0.3 is 14.8 Å². The zero-order valence-electron chi connectivity index (χ0n) is 17.0. The minimum absolute atomic E-state index is 0.241. The number of nitrogens with one attached hydrogen (secondary N) is 1. The van der Waals surface area contributed by atoms with Crippen LogP contribution in [0.25, 0.3) is 22.0 Å². The molecule has 1 amide bonds. The summed E-state index contributed by atoms with van der Waals surface area (Å²) in [6.45, 7) is 1.79. The first-order chi connectivity index (χ1) is 15.6. The van der Waals surface area contributed by atoms with E-state index in [1.807, 2.05) is 42.5 Å². The summed E-state index contributed by atoms with van der Waals surface area (Å²) in [4.78, 5) is 24.3. The Morgan fingerprint density at radius 2 is 1.88 bits per heavy atom. The van der Waals surface area contributed by atoms with Crippen LogP contribution in [-0.2, 0) is 9.53 Å². The van der Waals surface area contributed by atoms with Crippen LogP contribution in [0, 0.1) is 0 Å². The minimum Gasteiger partial charge on any atom is -0.465 e. The summed E-state index contributed by atoms with van der Waals surface area (Å²) in [5.74, 6) is -0.490. The second-order valence-corrected chi connectivity index (χ2v) is 8.08. The van der Waals surface area contributed by atoms with Crippen molar-refractivity contribution in [2.45, 2.75) is 6.92 Å². The fraction of sp³-hybridized carbons (Fsp3) is 0.130. The lowest BCUT2D eigenvalue weighted by Crippen LogP contribution is -2.20. The van der Waals surface area contributed by atoms with E-state index in [4.69, 9.17) is 9.47 Å². The van der Waals surface area contributed by atoms with Crippen molar-refractivity contribution in [1.82, 2.24) is 8.75 Å². The summed E-state index contributed by atoms with van der Waals surface area (Å²) >= 11 is 4.39.